The number of Topliss-reactive ketones (excluding diaryl/α,β-unsaturated/α-hetero) is 1. The third-order valence-electron chi connectivity index (χ3n) is 4.23. The van der Waals surface area contributed by atoms with E-state index in [0.717, 1.165) is 5.56 Å². The summed E-state index contributed by atoms with van der Waals surface area (Å²) < 4.78 is 7.26. The number of ether oxygens (including phenoxy) is 1. The third kappa shape index (κ3) is 4.51. The Morgan fingerprint density at radius 3 is 2.36 bits per heavy atom. The Kier molecular flexibility index (Phi) is 6.65. The summed E-state index contributed by atoms with van der Waals surface area (Å²) in [6.07, 6.45) is -0.0703. The highest BCUT2D eigenvalue weighted by Crippen LogP contribution is 2.23. The van der Waals surface area contributed by atoms with E-state index in [1.54, 1.807) is 28.8 Å². The summed E-state index contributed by atoms with van der Waals surface area (Å²) in [5, 5.41) is 8.98. The number of ketones is 1. The largest absolute Gasteiger partial charge is 0.394 e. The van der Waals surface area contributed by atoms with Crippen LogP contribution < -0.4 is 5.56 Å². The van der Waals surface area contributed by atoms with Crippen LogP contribution >= 0.6 is 12.2 Å². The number of benzene rings is 2. The Labute approximate surface area is 167 Å². The number of aliphatic hydroxyl groups excluding tert-OH is 1. The van der Waals surface area contributed by atoms with Gasteiger partial charge in [-0.15, -0.1) is 0 Å². The van der Waals surface area contributed by atoms with Crippen molar-refractivity contribution in [3.63, 3.8) is 0 Å². The van der Waals surface area contributed by atoms with Crippen LogP contribution in [-0.2, 0) is 17.9 Å². The monoisotopic (exact) mass is 396 g/mol. The van der Waals surface area contributed by atoms with Gasteiger partial charge in [-0.3, -0.25) is 19.1 Å². The number of H-pyrrole nitrogens is 1. The topological polar surface area (TPSA) is 84.3 Å². The summed E-state index contributed by atoms with van der Waals surface area (Å²) in [6.45, 7) is 0.0526. The van der Waals surface area contributed by atoms with Crippen molar-refractivity contribution >= 4 is 18.0 Å². The number of carbonyl (C=O) groups excluding carboxylic acids is 1. The molecule has 0 saturated heterocycles. The molecule has 0 bridgehead atoms. The molecule has 2 aromatic carbocycles. The molecule has 7 heteroatoms. The summed E-state index contributed by atoms with van der Waals surface area (Å²) in [7, 11) is 0. The molecular formula is C21H20N2O4S. The van der Waals surface area contributed by atoms with Gasteiger partial charge >= 0.3 is 0 Å². The zero-order valence-electron chi connectivity index (χ0n) is 15.1. The first-order valence-electron chi connectivity index (χ1n) is 8.80. The fourth-order valence-corrected chi connectivity index (χ4v) is 3.17. The Hall–Kier alpha value is -2.87. The second kappa shape index (κ2) is 9.36. The molecule has 3 aromatic rings. The quantitative estimate of drug-likeness (QED) is 0.347. The fraction of sp³-hybridized carbons (Fsp3) is 0.190. The number of hydrogen-bond donors (Lipinski definition) is 2. The lowest BCUT2D eigenvalue weighted by Crippen LogP contribution is -2.24. The van der Waals surface area contributed by atoms with Gasteiger partial charge in [-0.05, 0) is 17.8 Å². The average molecular weight is 396 g/mol. The van der Waals surface area contributed by atoms with Crippen LogP contribution in [0.2, 0.25) is 0 Å². The number of nitrogens with zero attached hydrogens (tertiary/aromatic N) is 1. The van der Waals surface area contributed by atoms with Gasteiger partial charge in [0, 0.05) is 17.5 Å². The molecule has 0 saturated carbocycles. The van der Waals surface area contributed by atoms with Gasteiger partial charge in [0.05, 0.1) is 18.9 Å². The van der Waals surface area contributed by atoms with Crippen molar-refractivity contribution in [1.29, 1.82) is 0 Å². The van der Waals surface area contributed by atoms with Crippen LogP contribution in [0.5, 0.6) is 0 Å². The SMILES string of the molecule is O=C(Cc1c(-c2ccccc2)n(COCCO)c(=S)[nH]c1=O)c1ccccc1. The van der Waals surface area contributed by atoms with Gasteiger partial charge < -0.3 is 9.84 Å². The van der Waals surface area contributed by atoms with Crippen LogP contribution in [0.25, 0.3) is 11.3 Å². The molecule has 0 spiro atoms. The van der Waals surface area contributed by atoms with Crippen molar-refractivity contribution in [2.45, 2.75) is 13.2 Å². The molecule has 2 N–H and O–H groups in total. The minimum absolute atomic E-state index is 0.0485. The first-order chi connectivity index (χ1) is 13.6. The van der Waals surface area contributed by atoms with Crippen LogP contribution in [-0.4, -0.2) is 33.7 Å². The van der Waals surface area contributed by atoms with E-state index in [4.69, 9.17) is 22.1 Å². The molecule has 1 heterocycles. The van der Waals surface area contributed by atoms with Gasteiger partial charge in [-0.2, -0.15) is 0 Å². The number of rotatable bonds is 8. The lowest BCUT2D eigenvalue weighted by Gasteiger charge is -2.17. The van der Waals surface area contributed by atoms with Crippen LogP contribution in [0.1, 0.15) is 15.9 Å². The van der Waals surface area contributed by atoms with E-state index in [9.17, 15) is 9.59 Å². The van der Waals surface area contributed by atoms with Gasteiger partial charge in [0.25, 0.3) is 5.56 Å². The number of carbonyl (C=O) groups is 1. The Bertz CT molecular complexity index is 1060. The molecular weight excluding hydrogens is 376 g/mol. The molecule has 0 aliphatic heterocycles. The first kappa shape index (κ1) is 19.9. The highest BCUT2D eigenvalue weighted by Gasteiger charge is 2.19. The smallest absolute Gasteiger partial charge is 0.255 e. The molecule has 6 nitrogen and oxygen atoms in total. The van der Waals surface area contributed by atoms with E-state index in [2.05, 4.69) is 4.98 Å². The number of nitrogens with one attached hydrogen (secondary N) is 1. The van der Waals surface area contributed by atoms with Crippen LogP contribution in [0.15, 0.2) is 65.5 Å². The van der Waals surface area contributed by atoms with Crippen molar-refractivity contribution in [3.8, 4) is 11.3 Å². The number of aromatic nitrogens is 2. The van der Waals surface area contributed by atoms with Gasteiger partial charge in [0.1, 0.15) is 6.73 Å². The predicted molar refractivity (Wildman–Crippen MR) is 109 cm³/mol. The Morgan fingerprint density at radius 1 is 1.07 bits per heavy atom. The van der Waals surface area contributed by atoms with Crippen molar-refractivity contribution in [3.05, 3.63) is 86.9 Å². The second-order valence-corrected chi connectivity index (χ2v) is 6.49. The molecule has 28 heavy (non-hydrogen) atoms. The van der Waals surface area contributed by atoms with E-state index in [1.165, 1.54) is 0 Å². The van der Waals surface area contributed by atoms with E-state index >= 15 is 0 Å². The molecule has 0 amide bonds. The molecule has 0 fully saturated rings. The van der Waals surface area contributed by atoms with Gasteiger partial charge in [-0.25, -0.2) is 0 Å². The minimum Gasteiger partial charge on any atom is -0.394 e. The maximum Gasteiger partial charge on any atom is 0.255 e. The van der Waals surface area contributed by atoms with Crippen molar-refractivity contribution in [2.75, 3.05) is 13.2 Å². The molecule has 0 radical (unpaired) electrons. The highest BCUT2D eigenvalue weighted by atomic mass is 32.1. The molecule has 0 aliphatic rings. The summed E-state index contributed by atoms with van der Waals surface area (Å²) >= 11 is 5.32. The van der Waals surface area contributed by atoms with E-state index in [0.29, 0.717) is 16.8 Å². The first-order valence-corrected chi connectivity index (χ1v) is 9.21. The summed E-state index contributed by atoms with van der Waals surface area (Å²) in [4.78, 5) is 28.1. The minimum atomic E-state index is -0.397. The summed E-state index contributed by atoms with van der Waals surface area (Å²) in [5.41, 5.74) is 1.75. The van der Waals surface area contributed by atoms with Gasteiger partial charge in [-0.1, -0.05) is 60.7 Å². The van der Waals surface area contributed by atoms with Crippen LogP contribution in [0, 0.1) is 4.77 Å². The lowest BCUT2D eigenvalue weighted by molar-refractivity contribution is 0.0474. The maximum absolute atomic E-state index is 12.8. The fourth-order valence-electron chi connectivity index (χ4n) is 2.93. The van der Waals surface area contributed by atoms with Crippen LogP contribution in [0.3, 0.4) is 0 Å². The van der Waals surface area contributed by atoms with E-state index < -0.39 is 5.56 Å². The van der Waals surface area contributed by atoms with Crippen molar-refractivity contribution in [1.82, 2.24) is 9.55 Å². The van der Waals surface area contributed by atoms with Crippen molar-refractivity contribution < 1.29 is 14.6 Å². The molecule has 0 unspecified atom stereocenters. The molecule has 0 aliphatic carbocycles. The normalized spacial score (nSPS) is 10.8. The average Bonchev–Trinajstić information content (AvgIpc) is 2.72. The molecule has 0 atom stereocenters. The molecule has 1 aromatic heterocycles. The van der Waals surface area contributed by atoms with Gasteiger partial charge in [0.15, 0.2) is 10.6 Å². The molecule has 3 rings (SSSR count). The highest BCUT2D eigenvalue weighted by molar-refractivity contribution is 7.71. The third-order valence-corrected chi connectivity index (χ3v) is 4.55. The van der Waals surface area contributed by atoms with Crippen LogP contribution in [0.4, 0.5) is 0 Å². The van der Waals surface area contributed by atoms with E-state index in [-0.39, 0.29) is 36.9 Å². The maximum atomic E-state index is 12.8. The molecule has 144 valence electrons. The lowest BCUT2D eigenvalue weighted by atomic mass is 9.99. The second-order valence-electron chi connectivity index (χ2n) is 6.11. The summed E-state index contributed by atoms with van der Waals surface area (Å²) in [5.74, 6) is -0.164. The zero-order valence-corrected chi connectivity index (χ0v) is 15.9. The number of hydrogen-bond acceptors (Lipinski definition) is 5. The number of aliphatic hydroxyl groups is 1. The predicted octanol–water partition coefficient (Wildman–Crippen LogP) is 2.96. The Morgan fingerprint density at radius 2 is 1.71 bits per heavy atom. The Balaban J connectivity index is 2.12. The van der Waals surface area contributed by atoms with E-state index in [1.807, 2.05) is 36.4 Å². The standard InChI is InChI=1S/C21H20N2O4S/c24-11-12-27-14-23-19(16-9-5-2-6-10-16)17(20(26)22-21(23)28)13-18(25)15-7-3-1-4-8-15/h1-10,24H,11-14H2,(H,22,26,28). The van der Waals surface area contributed by atoms with Crippen molar-refractivity contribution in [2.24, 2.45) is 0 Å². The zero-order chi connectivity index (χ0) is 19.9. The van der Waals surface area contributed by atoms with Gasteiger partial charge in [0.2, 0.25) is 0 Å². The summed E-state index contributed by atoms with van der Waals surface area (Å²) in [6, 6.07) is 18.1. The number of aromatic amines is 1.